The quantitative estimate of drug-likeness (QED) is 0.756. The first kappa shape index (κ1) is 8.07. The van der Waals surface area contributed by atoms with Gasteiger partial charge in [0.1, 0.15) is 5.69 Å². The fourth-order valence-electron chi connectivity index (χ4n) is 0.954. The van der Waals surface area contributed by atoms with E-state index in [2.05, 4.69) is 10.2 Å². The summed E-state index contributed by atoms with van der Waals surface area (Å²) in [5.41, 5.74) is 6.64. The van der Waals surface area contributed by atoms with Gasteiger partial charge in [0.25, 0.3) is 0 Å². The summed E-state index contributed by atoms with van der Waals surface area (Å²) in [6, 6.07) is 5.02. The summed E-state index contributed by atoms with van der Waals surface area (Å²) in [4.78, 5) is 0. The lowest BCUT2D eigenvalue weighted by atomic mass is 10.3. The average Bonchev–Trinajstić information content (AvgIpc) is 2.52. The maximum Gasteiger partial charge on any atom is 0.194 e. The van der Waals surface area contributed by atoms with Gasteiger partial charge in [-0.2, -0.15) is 5.10 Å². The minimum absolute atomic E-state index is 0.319. The van der Waals surface area contributed by atoms with Gasteiger partial charge in [-0.25, -0.2) is 0 Å². The van der Waals surface area contributed by atoms with Crippen LogP contribution in [0.5, 0.6) is 0 Å². The lowest BCUT2D eigenvalue weighted by Crippen LogP contribution is -1.90. The number of hydrogen-bond donors (Lipinski definition) is 1. The maximum atomic E-state index is 5.60. The highest BCUT2D eigenvalue weighted by atomic mass is 35.5. The molecule has 2 aromatic heterocycles. The number of aromatic nitrogens is 2. The van der Waals surface area contributed by atoms with E-state index >= 15 is 0 Å². The van der Waals surface area contributed by atoms with E-state index < -0.39 is 0 Å². The Bertz CT molecular complexity index is 427. The Morgan fingerprint density at radius 3 is 2.85 bits per heavy atom. The first-order valence-electron chi connectivity index (χ1n) is 3.59. The van der Waals surface area contributed by atoms with Crippen LogP contribution in [0.3, 0.4) is 0 Å². The van der Waals surface area contributed by atoms with Crippen molar-refractivity contribution < 1.29 is 4.42 Å². The molecule has 0 aliphatic rings. The molecule has 2 rings (SSSR count). The van der Waals surface area contributed by atoms with Crippen molar-refractivity contribution in [1.29, 1.82) is 0 Å². The van der Waals surface area contributed by atoms with Crippen LogP contribution in [0.25, 0.3) is 11.5 Å². The smallest absolute Gasteiger partial charge is 0.194 e. The van der Waals surface area contributed by atoms with Gasteiger partial charge in [-0.3, -0.25) is 0 Å². The SMILES string of the molecule is Nc1cnnc(-c2ccc(Cl)o2)c1. The fraction of sp³-hybridized carbons (Fsp3) is 0. The van der Waals surface area contributed by atoms with Crippen LogP contribution in [0.1, 0.15) is 0 Å². The Kier molecular flexibility index (Phi) is 1.90. The van der Waals surface area contributed by atoms with E-state index in [4.69, 9.17) is 21.8 Å². The molecule has 0 saturated heterocycles. The molecule has 0 aliphatic heterocycles. The van der Waals surface area contributed by atoms with Crippen LogP contribution in [0.15, 0.2) is 28.8 Å². The number of halogens is 1. The molecule has 2 heterocycles. The predicted molar refractivity (Wildman–Crippen MR) is 49.2 cm³/mol. The zero-order chi connectivity index (χ0) is 9.26. The minimum atomic E-state index is 0.319. The second kappa shape index (κ2) is 3.06. The van der Waals surface area contributed by atoms with Crippen molar-refractivity contribution in [2.45, 2.75) is 0 Å². The van der Waals surface area contributed by atoms with Crippen molar-refractivity contribution in [3.05, 3.63) is 29.6 Å². The molecule has 2 N–H and O–H groups in total. The molecule has 0 saturated carbocycles. The van der Waals surface area contributed by atoms with Crippen molar-refractivity contribution in [1.82, 2.24) is 10.2 Å². The summed E-state index contributed by atoms with van der Waals surface area (Å²) in [7, 11) is 0. The summed E-state index contributed by atoms with van der Waals surface area (Å²) in [6.07, 6.45) is 1.47. The van der Waals surface area contributed by atoms with Crippen LogP contribution in [-0.2, 0) is 0 Å². The highest BCUT2D eigenvalue weighted by Crippen LogP contribution is 2.23. The first-order chi connectivity index (χ1) is 6.25. The van der Waals surface area contributed by atoms with Crippen molar-refractivity contribution in [3.8, 4) is 11.5 Å². The third kappa shape index (κ3) is 1.62. The van der Waals surface area contributed by atoms with E-state index in [1.165, 1.54) is 6.20 Å². The Hall–Kier alpha value is -1.55. The number of nitrogens with two attached hydrogens (primary N) is 1. The third-order valence-electron chi connectivity index (χ3n) is 1.50. The zero-order valence-corrected chi connectivity index (χ0v) is 7.32. The van der Waals surface area contributed by atoms with Crippen molar-refractivity contribution in [2.24, 2.45) is 0 Å². The molecule has 5 heteroatoms. The van der Waals surface area contributed by atoms with Crippen molar-refractivity contribution >= 4 is 17.3 Å². The summed E-state index contributed by atoms with van der Waals surface area (Å²) < 4.78 is 5.13. The topological polar surface area (TPSA) is 64.9 Å². The second-order valence-corrected chi connectivity index (χ2v) is 2.85. The van der Waals surface area contributed by atoms with Gasteiger partial charge in [0.2, 0.25) is 0 Å². The lowest BCUT2D eigenvalue weighted by molar-refractivity contribution is 0.581. The molecule has 66 valence electrons. The molecule has 0 atom stereocenters. The fourth-order valence-corrected chi connectivity index (χ4v) is 1.10. The van der Waals surface area contributed by atoms with E-state index in [1.54, 1.807) is 18.2 Å². The second-order valence-electron chi connectivity index (χ2n) is 2.48. The van der Waals surface area contributed by atoms with Gasteiger partial charge in [-0.05, 0) is 29.8 Å². The van der Waals surface area contributed by atoms with E-state index in [-0.39, 0.29) is 0 Å². The largest absolute Gasteiger partial charge is 0.443 e. The molecule has 4 nitrogen and oxygen atoms in total. The number of nitrogen functional groups attached to an aromatic ring is 1. The van der Waals surface area contributed by atoms with Gasteiger partial charge in [-0.1, -0.05) is 0 Å². The molecule has 13 heavy (non-hydrogen) atoms. The molecule has 0 unspecified atom stereocenters. The standard InChI is InChI=1S/C8H6ClN3O/c9-8-2-1-7(13-8)6-3-5(10)4-11-12-6/h1-4H,(H2,10,12). The Morgan fingerprint density at radius 2 is 2.23 bits per heavy atom. The molecule has 0 spiro atoms. The Morgan fingerprint density at radius 1 is 1.38 bits per heavy atom. The molecular formula is C8H6ClN3O. The zero-order valence-electron chi connectivity index (χ0n) is 6.57. The van der Waals surface area contributed by atoms with Crippen LogP contribution in [0.4, 0.5) is 5.69 Å². The van der Waals surface area contributed by atoms with E-state index in [1.807, 2.05) is 0 Å². The predicted octanol–water partition coefficient (Wildman–Crippen LogP) is 1.97. The molecule has 0 radical (unpaired) electrons. The van der Waals surface area contributed by atoms with Gasteiger partial charge < -0.3 is 10.2 Å². The number of anilines is 1. The van der Waals surface area contributed by atoms with Crippen LogP contribution in [0.2, 0.25) is 5.22 Å². The summed E-state index contributed by atoms with van der Waals surface area (Å²) in [6.45, 7) is 0. The lowest BCUT2D eigenvalue weighted by Gasteiger charge is -1.94. The minimum Gasteiger partial charge on any atom is -0.443 e. The molecule has 0 bridgehead atoms. The molecular weight excluding hydrogens is 190 g/mol. The van der Waals surface area contributed by atoms with Gasteiger partial charge in [0.15, 0.2) is 11.0 Å². The van der Waals surface area contributed by atoms with Gasteiger partial charge in [0, 0.05) is 0 Å². The normalized spacial score (nSPS) is 10.2. The Labute approximate surface area is 79.3 Å². The van der Waals surface area contributed by atoms with Crippen molar-refractivity contribution in [2.75, 3.05) is 5.73 Å². The number of furan rings is 1. The van der Waals surface area contributed by atoms with Gasteiger partial charge >= 0.3 is 0 Å². The van der Waals surface area contributed by atoms with Crippen molar-refractivity contribution in [3.63, 3.8) is 0 Å². The number of nitrogens with zero attached hydrogens (tertiary/aromatic N) is 2. The molecule has 0 aliphatic carbocycles. The highest BCUT2D eigenvalue weighted by molar-refractivity contribution is 6.28. The highest BCUT2D eigenvalue weighted by Gasteiger charge is 2.04. The van der Waals surface area contributed by atoms with Crippen LogP contribution >= 0.6 is 11.6 Å². The van der Waals surface area contributed by atoms with Gasteiger partial charge in [0.05, 0.1) is 11.9 Å². The van der Waals surface area contributed by atoms with Crippen LogP contribution < -0.4 is 5.73 Å². The summed E-state index contributed by atoms with van der Waals surface area (Å²) in [5, 5.41) is 7.85. The van der Waals surface area contributed by atoms with Gasteiger partial charge in [-0.15, -0.1) is 5.10 Å². The van der Waals surface area contributed by atoms with E-state index in [9.17, 15) is 0 Å². The first-order valence-corrected chi connectivity index (χ1v) is 3.97. The average molecular weight is 196 g/mol. The molecule has 2 aromatic rings. The monoisotopic (exact) mass is 195 g/mol. The molecule has 0 amide bonds. The van der Waals surface area contributed by atoms with Crippen LogP contribution in [0, 0.1) is 0 Å². The number of hydrogen-bond acceptors (Lipinski definition) is 4. The third-order valence-corrected chi connectivity index (χ3v) is 1.70. The molecule has 0 aromatic carbocycles. The number of rotatable bonds is 1. The summed E-state index contributed by atoms with van der Waals surface area (Å²) in [5.74, 6) is 0.560. The Balaban J connectivity index is 2.46. The van der Waals surface area contributed by atoms with Crippen LogP contribution in [-0.4, -0.2) is 10.2 Å². The summed E-state index contributed by atoms with van der Waals surface area (Å²) >= 11 is 5.60. The van der Waals surface area contributed by atoms with E-state index in [0.29, 0.717) is 22.4 Å². The molecule has 0 fully saturated rings. The van der Waals surface area contributed by atoms with E-state index in [0.717, 1.165) is 0 Å². The maximum absolute atomic E-state index is 5.60.